The Kier molecular flexibility index (Phi) is 7.26. The maximum atomic E-state index is 13.0. The third-order valence-electron chi connectivity index (χ3n) is 5.26. The van der Waals surface area contributed by atoms with Crippen LogP contribution in [0.3, 0.4) is 0 Å². The van der Waals surface area contributed by atoms with Gasteiger partial charge in [0, 0.05) is 18.0 Å². The Balaban J connectivity index is 1.49. The molecule has 0 aromatic heterocycles. The van der Waals surface area contributed by atoms with Crippen LogP contribution in [-0.4, -0.2) is 28.2 Å². The van der Waals surface area contributed by atoms with Gasteiger partial charge in [-0.25, -0.2) is 13.1 Å². The van der Waals surface area contributed by atoms with Crippen molar-refractivity contribution in [3.63, 3.8) is 0 Å². The number of methoxy groups -OCH3 is 1. The predicted octanol–water partition coefficient (Wildman–Crippen LogP) is 3.80. The number of benzene rings is 3. The molecule has 1 amide bonds. The molecule has 0 unspecified atom stereocenters. The lowest BCUT2D eigenvalue weighted by Crippen LogP contribution is -2.33. The molecule has 34 heavy (non-hydrogen) atoms. The van der Waals surface area contributed by atoms with Crippen LogP contribution in [0.1, 0.15) is 23.6 Å². The average molecular weight is 503 g/mol. The first-order valence-corrected chi connectivity index (χ1v) is 12.3. The predicted molar refractivity (Wildman–Crippen MR) is 127 cm³/mol. The van der Waals surface area contributed by atoms with Crippen LogP contribution in [0.15, 0.2) is 71.6 Å². The van der Waals surface area contributed by atoms with E-state index in [2.05, 4.69) is 10.0 Å². The summed E-state index contributed by atoms with van der Waals surface area (Å²) in [6.45, 7) is 0.428. The maximum Gasteiger partial charge on any atom is 0.241 e. The highest BCUT2D eigenvalue weighted by molar-refractivity contribution is 7.89. The lowest BCUT2D eigenvalue weighted by Gasteiger charge is -2.19. The molecule has 3 aromatic carbocycles. The minimum atomic E-state index is -3.91. The molecule has 1 aliphatic rings. The molecule has 0 saturated carbocycles. The topological polar surface area (TPSA) is 103 Å². The zero-order valence-corrected chi connectivity index (χ0v) is 19.9. The Morgan fingerprint density at radius 3 is 2.44 bits per heavy atom. The fourth-order valence-electron chi connectivity index (χ4n) is 3.44. The van der Waals surface area contributed by atoms with Crippen molar-refractivity contribution in [3.05, 3.63) is 82.9 Å². The summed E-state index contributed by atoms with van der Waals surface area (Å²) < 4.78 is 44.4. The highest BCUT2D eigenvalue weighted by atomic mass is 35.5. The molecule has 1 heterocycles. The van der Waals surface area contributed by atoms with Gasteiger partial charge < -0.3 is 19.5 Å². The molecule has 10 heteroatoms. The van der Waals surface area contributed by atoms with Gasteiger partial charge in [0.2, 0.25) is 22.7 Å². The quantitative estimate of drug-likeness (QED) is 0.461. The zero-order valence-electron chi connectivity index (χ0n) is 18.3. The summed E-state index contributed by atoms with van der Waals surface area (Å²) in [7, 11) is -2.37. The van der Waals surface area contributed by atoms with Crippen LogP contribution in [0, 0.1) is 0 Å². The number of fused-ring (bicyclic) bond motifs is 1. The number of carbonyl (C=O) groups excluding carboxylic acids is 1. The van der Waals surface area contributed by atoms with Gasteiger partial charge in [0.15, 0.2) is 11.5 Å². The molecule has 1 aliphatic heterocycles. The van der Waals surface area contributed by atoms with Crippen LogP contribution in [0.4, 0.5) is 0 Å². The fraction of sp³-hybridized carbons (Fsp3) is 0.208. The van der Waals surface area contributed by atoms with E-state index in [1.165, 1.54) is 24.3 Å². The first-order valence-electron chi connectivity index (χ1n) is 10.4. The number of nitrogens with one attached hydrogen (secondary N) is 2. The molecule has 4 rings (SSSR count). The third kappa shape index (κ3) is 5.80. The minimum absolute atomic E-state index is 0.0520. The largest absolute Gasteiger partial charge is 0.497 e. The number of rotatable bonds is 9. The number of ether oxygens (including phenoxy) is 3. The molecule has 8 nitrogen and oxygen atoms in total. The molecule has 0 fully saturated rings. The van der Waals surface area contributed by atoms with Crippen molar-refractivity contribution in [2.24, 2.45) is 0 Å². The van der Waals surface area contributed by atoms with E-state index in [0.717, 1.165) is 5.56 Å². The van der Waals surface area contributed by atoms with Crippen molar-refractivity contribution in [2.75, 3.05) is 13.9 Å². The van der Waals surface area contributed by atoms with Gasteiger partial charge >= 0.3 is 0 Å². The summed E-state index contributed by atoms with van der Waals surface area (Å²) in [6, 6.07) is 17.3. The second-order valence-electron chi connectivity index (χ2n) is 7.57. The van der Waals surface area contributed by atoms with E-state index in [1.54, 1.807) is 43.5 Å². The van der Waals surface area contributed by atoms with Crippen LogP contribution in [-0.2, 0) is 21.4 Å². The second kappa shape index (κ2) is 10.3. The first-order chi connectivity index (χ1) is 16.3. The van der Waals surface area contributed by atoms with Gasteiger partial charge in [-0.1, -0.05) is 29.8 Å². The van der Waals surface area contributed by atoms with Crippen LogP contribution in [0.5, 0.6) is 17.2 Å². The summed E-state index contributed by atoms with van der Waals surface area (Å²) in [4.78, 5) is 12.8. The summed E-state index contributed by atoms with van der Waals surface area (Å²) in [6.07, 6.45) is -0.107. The van der Waals surface area contributed by atoms with Gasteiger partial charge in [0.05, 0.1) is 18.0 Å². The lowest BCUT2D eigenvalue weighted by molar-refractivity contribution is -0.121. The molecule has 2 N–H and O–H groups in total. The molecule has 0 saturated heterocycles. The molecule has 0 spiro atoms. The van der Waals surface area contributed by atoms with E-state index < -0.39 is 16.1 Å². The van der Waals surface area contributed by atoms with E-state index in [4.69, 9.17) is 25.8 Å². The minimum Gasteiger partial charge on any atom is -0.497 e. The summed E-state index contributed by atoms with van der Waals surface area (Å²) >= 11 is 5.88. The van der Waals surface area contributed by atoms with E-state index in [9.17, 15) is 13.2 Å². The standard InChI is InChI=1S/C24H23ClN2O6S/c1-31-19-7-3-17(4-8-19)21(27-34(29,30)20-9-5-18(25)6-10-20)13-24(28)26-14-16-2-11-22-23(12-16)33-15-32-22/h2-12,21,27H,13-15H2,1H3,(H,26,28)/t21-/m1/s1. The lowest BCUT2D eigenvalue weighted by atomic mass is 10.0. The summed E-state index contributed by atoms with van der Waals surface area (Å²) in [5.41, 5.74) is 1.46. The van der Waals surface area contributed by atoms with Crippen molar-refractivity contribution >= 4 is 27.5 Å². The number of sulfonamides is 1. The number of carbonyl (C=O) groups is 1. The van der Waals surface area contributed by atoms with E-state index in [1.807, 2.05) is 6.07 Å². The van der Waals surface area contributed by atoms with Crippen LogP contribution < -0.4 is 24.2 Å². The van der Waals surface area contributed by atoms with E-state index in [-0.39, 0.29) is 30.6 Å². The van der Waals surface area contributed by atoms with Gasteiger partial charge in [0.1, 0.15) is 5.75 Å². The molecule has 0 bridgehead atoms. The first kappa shape index (κ1) is 23.9. The van der Waals surface area contributed by atoms with Crippen LogP contribution >= 0.6 is 11.6 Å². The van der Waals surface area contributed by atoms with Crippen molar-refractivity contribution in [1.82, 2.24) is 10.0 Å². The highest BCUT2D eigenvalue weighted by Crippen LogP contribution is 2.32. The van der Waals surface area contributed by atoms with Gasteiger partial charge in [-0.15, -0.1) is 0 Å². The number of halogens is 1. The SMILES string of the molecule is COc1ccc([C@@H](CC(=O)NCc2ccc3c(c2)OCO3)NS(=O)(=O)c2ccc(Cl)cc2)cc1. The average Bonchev–Trinajstić information content (AvgIpc) is 3.30. The Morgan fingerprint density at radius 2 is 1.74 bits per heavy atom. The van der Waals surface area contributed by atoms with Gasteiger partial charge in [0.25, 0.3) is 0 Å². The van der Waals surface area contributed by atoms with Crippen LogP contribution in [0.2, 0.25) is 5.02 Å². The number of hydrogen-bond donors (Lipinski definition) is 2. The molecular formula is C24H23ClN2O6S. The summed E-state index contributed by atoms with van der Waals surface area (Å²) in [5, 5.41) is 3.26. The third-order valence-corrected chi connectivity index (χ3v) is 7.00. The Labute approximate surface area is 202 Å². The molecule has 1 atom stereocenters. The van der Waals surface area contributed by atoms with E-state index in [0.29, 0.717) is 27.8 Å². The molecule has 0 radical (unpaired) electrons. The molecule has 0 aliphatic carbocycles. The maximum absolute atomic E-state index is 13.0. The molecule has 178 valence electrons. The number of amides is 1. The van der Waals surface area contributed by atoms with Crippen molar-refractivity contribution in [2.45, 2.75) is 23.9 Å². The van der Waals surface area contributed by atoms with Crippen molar-refractivity contribution in [3.8, 4) is 17.2 Å². The van der Waals surface area contributed by atoms with Gasteiger partial charge in [-0.05, 0) is 59.7 Å². The van der Waals surface area contributed by atoms with Crippen molar-refractivity contribution in [1.29, 1.82) is 0 Å². The summed E-state index contributed by atoms with van der Waals surface area (Å²) in [5.74, 6) is 1.58. The van der Waals surface area contributed by atoms with Crippen molar-refractivity contribution < 1.29 is 27.4 Å². The second-order valence-corrected chi connectivity index (χ2v) is 9.72. The zero-order chi connectivity index (χ0) is 24.1. The fourth-order valence-corrected chi connectivity index (χ4v) is 4.79. The normalized spacial score (nSPS) is 13.4. The highest BCUT2D eigenvalue weighted by Gasteiger charge is 2.24. The van der Waals surface area contributed by atoms with Gasteiger partial charge in [-0.3, -0.25) is 4.79 Å². The van der Waals surface area contributed by atoms with Gasteiger partial charge in [-0.2, -0.15) is 0 Å². The Hall–Kier alpha value is -3.27. The Bertz CT molecular complexity index is 1260. The number of hydrogen-bond acceptors (Lipinski definition) is 6. The smallest absolute Gasteiger partial charge is 0.241 e. The molecular weight excluding hydrogens is 480 g/mol. The van der Waals surface area contributed by atoms with E-state index >= 15 is 0 Å². The Morgan fingerprint density at radius 1 is 1.03 bits per heavy atom. The molecule has 3 aromatic rings. The van der Waals surface area contributed by atoms with Crippen LogP contribution in [0.25, 0.3) is 0 Å². The monoisotopic (exact) mass is 502 g/mol.